The molecule has 0 radical (unpaired) electrons. The van der Waals surface area contributed by atoms with E-state index in [2.05, 4.69) is 27.5 Å². The van der Waals surface area contributed by atoms with Gasteiger partial charge in [0, 0.05) is 75.3 Å². The van der Waals surface area contributed by atoms with Crippen molar-refractivity contribution >= 4 is 52.1 Å². The number of amides is 4. The van der Waals surface area contributed by atoms with E-state index in [1.165, 1.54) is 12.0 Å². The number of imide groups is 1. The number of nitrogens with zero attached hydrogens (tertiary/aromatic N) is 5. The van der Waals surface area contributed by atoms with Crippen molar-refractivity contribution in [2.24, 2.45) is 0 Å². The average Bonchev–Trinajstić information content (AvgIpc) is 3.84. The van der Waals surface area contributed by atoms with Crippen molar-refractivity contribution < 1.29 is 23.9 Å². The van der Waals surface area contributed by atoms with E-state index in [0.29, 0.717) is 47.8 Å². The predicted octanol–water partition coefficient (Wildman–Crippen LogP) is 3.18. The number of likely N-dealkylation sites (tertiary alicyclic amines) is 1. The van der Waals surface area contributed by atoms with Gasteiger partial charge in [-0.3, -0.25) is 14.5 Å². The standard InChI is InChI=1S/C37H41N7O5/c1-40-15-17-42(18-16-40)23-32(45)41(2)28-12-10-26(11-13-28)39-34(24-7-5-4-6-8-24)33-30-14-9-25(36(47)49-3)19-31(30)44(35(33)46)37(48)43-22-27-20-29(43)21-38-27/h4-14,19,27,29,38-39H,15-18,20-23H2,1-3H3/b34-33-/t27-,29-/m0/s1. The van der Waals surface area contributed by atoms with Crippen LogP contribution >= 0.6 is 0 Å². The van der Waals surface area contributed by atoms with Gasteiger partial charge in [0.25, 0.3) is 5.91 Å². The Labute approximate surface area is 285 Å². The van der Waals surface area contributed by atoms with Crippen LogP contribution in [-0.4, -0.2) is 118 Å². The third-order valence-electron chi connectivity index (χ3n) is 10.0. The lowest BCUT2D eigenvalue weighted by Crippen LogP contribution is -2.52. The Balaban J connectivity index is 1.22. The summed E-state index contributed by atoms with van der Waals surface area (Å²) in [6, 6.07) is 21.6. The number of anilines is 3. The van der Waals surface area contributed by atoms with Crippen LogP contribution in [0.2, 0.25) is 0 Å². The number of likely N-dealkylation sites (N-methyl/N-ethyl adjacent to an activating group) is 2. The fourth-order valence-corrected chi connectivity index (χ4v) is 7.11. The zero-order valence-electron chi connectivity index (χ0n) is 28.0. The minimum absolute atomic E-state index is 0.00220. The van der Waals surface area contributed by atoms with Gasteiger partial charge in [-0.15, -0.1) is 0 Å². The van der Waals surface area contributed by atoms with Gasteiger partial charge in [-0.05, 0) is 55.4 Å². The van der Waals surface area contributed by atoms with Gasteiger partial charge in [0.05, 0.1) is 36.2 Å². The van der Waals surface area contributed by atoms with Crippen LogP contribution in [0.1, 0.15) is 27.9 Å². The smallest absolute Gasteiger partial charge is 0.337 e. The van der Waals surface area contributed by atoms with Crippen LogP contribution in [-0.2, 0) is 14.3 Å². The number of ether oxygens (including phenoxy) is 1. The number of fused-ring (bicyclic) bond motifs is 3. The lowest BCUT2D eigenvalue weighted by Gasteiger charge is -2.32. The molecule has 49 heavy (non-hydrogen) atoms. The Morgan fingerprint density at radius 1 is 0.959 bits per heavy atom. The highest BCUT2D eigenvalue weighted by molar-refractivity contribution is 6.44. The molecule has 4 aliphatic rings. The molecule has 3 aromatic carbocycles. The normalized spacial score (nSPS) is 21.5. The van der Waals surface area contributed by atoms with Crippen molar-refractivity contribution in [2.75, 3.05) is 82.1 Å². The second-order valence-electron chi connectivity index (χ2n) is 13.1. The molecule has 0 aromatic heterocycles. The first kappa shape index (κ1) is 32.5. The fraction of sp³-hybridized carbons (Fsp3) is 0.351. The van der Waals surface area contributed by atoms with E-state index in [-0.39, 0.29) is 23.6 Å². The molecular formula is C37H41N7O5. The highest BCUT2D eigenvalue weighted by Crippen LogP contribution is 2.43. The molecule has 3 saturated heterocycles. The van der Waals surface area contributed by atoms with Gasteiger partial charge in [-0.1, -0.05) is 36.4 Å². The van der Waals surface area contributed by atoms with Crippen LogP contribution in [0.4, 0.5) is 21.9 Å². The maximum atomic E-state index is 14.5. The zero-order valence-corrected chi connectivity index (χ0v) is 28.0. The highest BCUT2D eigenvalue weighted by Gasteiger charge is 2.47. The van der Waals surface area contributed by atoms with Crippen molar-refractivity contribution in [1.29, 1.82) is 0 Å². The van der Waals surface area contributed by atoms with Crippen molar-refractivity contribution in [1.82, 2.24) is 20.0 Å². The summed E-state index contributed by atoms with van der Waals surface area (Å²) in [5, 5.41) is 6.87. The largest absolute Gasteiger partial charge is 0.465 e. The number of methoxy groups -OCH3 is 1. The molecule has 7 rings (SSSR count). The monoisotopic (exact) mass is 663 g/mol. The topological polar surface area (TPSA) is 118 Å². The number of benzene rings is 3. The molecule has 3 aromatic rings. The van der Waals surface area contributed by atoms with E-state index in [1.54, 1.807) is 35.0 Å². The molecule has 2 atom stereocenters. The summed E-state index contributed by atoms with van der Waals surface area (Å²) in [5.74, 6) is -1.02. The van der Waals surface area contributed by atoms with Crippen LogP contribution in [0.3, 0.4) is 0 Å². The van der Waals surface area contributed by atoms with Gasteiger partial charge in [0.2, 0.25) is 5.91 Å². The number of nitrogens with one attached hydrogen (secondary N) is 2. The summed E-state index contributed by atoms with van der Waals surface area (Å²) >= 11 is 0. The maximum Gasteiger partial charge on any atom is 0.337 e. The summed E-state index contributed by atoms with van der Waals surface area (Å²) in [6.07, 6.45) is 0.842. The molecule has 2 bridgehead atoms. The van der Waals surface area contributed by atoms with Crippen LogP contribution in [0.15, 0.2) is 72.8 Å². The van der Waals surface area contributed by atoms with Crippen LogP contribution in [0.5, 0.6) is 0 Å². The highest BCUT2D eigenvalue weighted by atomic mass is 16.5. The van der Waals surface area contributed by atoms with E-state index in [9.17, 15) is 19.2 Å². The van der Waals surface area contributed by atoms with E-state index >= 15 is 0 Å². The van der Waals surface area contributed by atoms with Crippen molar-refractivity contribution in [3.8, 4) is 0 Å². The zero-order chi connectivity index (χ0) is 34.2. The average molecular weight is 664 g/mol. The summed E-state index contributed by atoms with van der Waals surface area (Å²) in [6.45, 7) is 5.17. The van der Waals surface area contributed by atoms with E-state index in [1.807, 2.05) is 54.6 Å². The van der Waals surface area contributed by atoms with Gasteiger partial charge in [0.15, 0.2) is 0 Å². The Morgan fingerprint density at radius 3 is 2.35 bits per heavy atom. The van der Waals surface area contributed by atoms with Crippen molar-refractivity contribution in [3.63, 3.8) is 0 Å². The molecule has 4 aliphatic heterocycles. The third-order valence-corrected chi connectivity index (χ3v) is 10.0. The number of hydrogen-bond donors (Lipinski definition) is 2. The second-order valence-corrected chi connectivity index (χ2v) is 13.1. The lowest BCUT2D eigenvalue weighted by atomic mass is 9.99. The molecule has 3 fully saturated rings. The maximum absolute atomic E-state index is 14.5. The van der Waals surface area contributed by atoms with Crippen LogP contribution in [0, 0.1) is 0 Å². The van der Waals surface area contributed by atoms with Gasteiger partial charge in [-0.2, -0.15) is 0 Å². The number of piperazine rings is 2. The summed E-state index contributed by atoms with van der Waals surface area (Å²) in [7, 11) is 5.17. The number of esters is 1. The summed E-state index contributed by atoms with van der Waals surface area (Å²) in [5.41, 5.74) is 4.15. The number of rotatable bonds is 7. The SMILES string of the molecule is COC(=O)c1ccc2c(c1)N(C(=O)N1C[C@@H]3C[C@H]1CN3)C(=O)/C2=C(\Nc1ccc(N(C)C(=O)CN2CCN(C)CC2)cc1)c1ccccc1. The second kappa shape index (κ2) is 13.5. The molecule has 254 valence electrons. The molecule has 12 nitrogen and oxygen atoms in total. The molecular weight excluding hydrogens is 622 g/mol. The first-order chi connectivity index (χ1) is 23.7. The summed E-state index contributed by atoms with van der Waals surface area (Å²) < 4.78 is 4.97. The Hall–Kier alpha value is -5.04. The third kappa shape index (κ3) is 6.30. The predicted molar refractivity (Wildman–Crippen MR) is 188 cm³/mol. The number of carbonyl (C=O) groups is 4. The molecule has 4 amide bonds. The molecule has 0 saturated carbocycles. The van der Waals surface area contributed by atoms with E-state index in [0.717, 1.165) is 43.9 Å². The quantitative estimate of drug-likeness (QED) is 0.291. The molecule has 12 heteroatoms. The van der Waals surface area contributed by atoms with Crippen molar-refractivity contribution in [2.45, 2.75) is 18.5 Å². The molecule has 0 spiro atoms. The van der Waals surface area contributed by atoms with Crippen LogP contribution in [0.25, 0.3) is 11.3 Å². The van der Waals surface area contributed by atoms with Gasteiger partial charge < -0.3 is 30.1 Å². The fourth-order valence-electron chi connectivity index (χ4n) is 7.11. The summed E-state index contributed by atoms with van der Waals surface area (Å²) in [4.78, 5) is 63.4. The minimum atomic E-state index is -0.557. The Bertz CT molecular complexity index is 1800. The first-order valence-corrected chi connectivity index (χ1v) is 16.7. The molecule has 2 N–H and O–H groups in total. The molecule has 4 heterocycles. The lowest BCUT2D eigenvalue weighted by molar-refractivity contribution is -0.119. The molecule has 0 unspecified atom stereocenters. The van der Waals surface area contributed by atoms with Gasteiger partial charge in [0.1, 0.15) is 0 Å². The number of urea groups is 1. The first-order valence-electron chi connectivity index (χ1n) is 16.7. The van der Waals surface area contributed by atoms with E-state index in [4.69, 9.17) is 4.74 Å². The molecule has 0 aliphatic carbocycles. The Kier molecular flexibility index (Phi) is 8.93. The van der Waals surface area contributed by atoms with E-state index < -0.39 is 17.9 Å². The van der Waals surface area contributed by atoms with Crippen LogP contribution < -0.4 is 20.4 Å². The van der Waals surface area contributed by atoms with Gasteiger partial charge >= 0.3 is 12.0 Å². The minimum Gasteiger partial charge on any atom is -0.465 e. The Morgan fingerprint density at radius 2 is 1.69 bits per heavy atom. The number of hydrogen-bond acceptors (Lipinski definition) is 9. The van der Waals surface area contributed by atoms with Gasteiger partial charge in [-0.25, -0.2) is 14.5 Å². The number of carbonyl (C=O) groups excluding carboxylic acids is 4. The van der Waals surface area contributed by atoms with Crippen molar-refractivity contribution in [3.05, 3.63) is 89.5 Å².